The van der Waals surface area contributed by atoms with Crippen LogP contribution in [0.4, 0.5) is 11.4 Å². The number of anilines is 2. The summed E-state index contributed by atoms with van der Waals surface area (Å²) in [5.41, 5.74) is 8.51. The van der Waals surface area contributed by atoms with E-state index in [4.69, 9.17) is 17.3 Å². The molecule has 0 aliphatic rings. The van der Waals surface area contributed by atoms with Gasteiger partial charge >= 0.3 is 0 Å². The lowest BCUT2D eigenvalue weighted by Gasteiger charge is -2.11. The average molecular weight is 234 g/mol. The van der Waals surface area contributed by atoms with Crippen molar-refractivity contribution in [3.63, 3.8) is 0 Å². The summed E-state index contributed by atoms with van der Waals surface area (Å²) in [4.78, 5) is 3.93. The Labute approximate surface area is 99.3 Å². The number of pyridine rings is 1. The van der Waals surface area contributed by atoms with Crippen molar-refractivity contribution in [3.8, 4) is 0 Å². The molecule has 2 rings (SSSR count). The molecule has 0 atom stereocenters. The highest BCUT2D eigenvalue weighted by atomic mass is 35.5. The number of nitrogens with one attached hydrogen (secondary N) is 1. The monoisotopic (exact) mass is 233 g/mol. The SMILES string of the molecule is NCc1ccccc1Nc1ccncc1Cl. The van der Waals surface area contributed by atoms with Crippen LogP contribution in [0.15, 0.2) is 42.7 Å². The normalized spacial score (nSPS) is 10.1. The van der Waals surface area contributed by atoms with E-state index in [1.54, 1.807) is 12.4 Å². The van der Waals surface area contributed by atoms with Crippen LogP contribution in [0.1, 0.15) is 5.56 Å². The molecule has 4 heteroatoms. The Bertz CT molecular complexity index is 485. The van der Waals surface area contributed by atoms with Gasteiger partial charge in [-0.15, -0.1) is 0 Å². The second-order valence-electron chi connectivity index (χ2n) is 3.34. The van der Waals surface area contributed by atoms with Crippen molar-refractivity contribution in [2.24, 2.45) is 5.73 Å². The molecule has 0 aliphatic heterocycles. The van der Waals surface area contributed by atoms with Crippen molar-refractivity contribution >= 4 is 23.0 Å². The number of benzene rings is 1. The molecule has 0 bridgehead atoms. The van der Waals surface area contributed by atoms with Crippen LogP contribution in [-0.4, -0.2) is 4.98 Å². The summed E-state index contributed by atoms with van der Waals surface area (Å²) in [6.07, 6.45) is 3.30. The predicted molar refractivity (Wildman–Crippen MR) is 66.9 cm³/mol. The minimum Gasteiger partial charge on any atom is -0.354 e. The van der Waals surface area contributed by atoms with Crippen LogP contribution >= 0.6 is 11.6 Å². The molecule has 82 valence electrons. The molecule has 0 fully saturated rings. The van der Waals surface area contributed by atoms with Crippen LogP contribution in [0.3, 0.4) is 0 Å². The van der Waals surface area contributed by atoms with Gasteiger partial charge in [0.15, 0.2) is 0 Å². The van der Waals surface area contributed by atoms with Crippen molar-refractivity contribution in [1.82, 2.24) is 4.98 Å². The Morgan fingerprint density at radius 3 is 2.75 bits per heavy atom. The zero-order valence-electron chi connectivity index (χ0n) is 8.65. The molecular weight excluding hydrogens is 222 g/mol. The van der Waals surface area contributed by atoms with Crippen molar-refractivity contribution in [2.45, 2.75) is 6.54 Å². The summed E-state index contributed by atoms with van der Waals surface area (Å²) in [5.74, 6) is 0. The molecule has 1 heterocycles. The number of halogens is 1. The first-order chi connectivity index (χ1) is 7.81. The number of para-hydroxylation sites is 1. The summed E-state index contributed by atoms with van der Waals surface area (Å²) in [7, 11) is 0. The van der Waals surface area contributed by atoms with Crippen LogP contribution in [0, 0.1) is 0 Å². The van der Waals surface area contributed by atoms with E-state index in [0.717, 1.165) is 16.9 Å². The molecule has 1 aromatic carbocycles. The maximum Gasteiger partial charge on any atom is 0.0824 e. The fraction of sp³-hybridized carbons (Fsp3) is 0.0833. The summed E-state index contributed by atoms with van der Waals surface area (Å²) in [6.45, 7) is 0.492. The van der Waals surface area contributed by atoms with Gasteiger partial charge in [-0.3, -0.25) is 4.98 Å². The molecule has 0 amide bonds. The molecule has 3 nitrogen and oxygen atoms in total. The number of rotatable bonds is 3. The Morgan fingerprint density at radius 2 is 2.00 bits per heavy atom. The molecule has 0 aliphatic carbocycles. The fourth-order valence-corrected chi connectivity index (χ4v) is 1.61. The van der Waals surface area contributed by atoms with Gasteiger partial charge in [0.2, 0.25) is 0 Å². The third-order valence-electron chi connectivity index (χ3n) is 2.28. The molecule has 1 aromatic heterocycles. The quantitative estimate of drug-likeness (QED) is 0.857. The topological polar surface area (TPSA) is 50.9 Å². The molecule has 0 saturated carbocycles. The predicted octanol–water partition coefficient (Wildman–Crippen LogP) is 2.94. The maximum absolute atomic E-state index is 6.01. The smallest absolute Gasteiger partial charge is 0.0824 e. The number of aromatic nitrogens is 1. The lowest BCUT2D eigenvalue weighted by molar-refractivity contribution is 1.07. The number of hydrogen-bond acceptors (Lipinski definition) is 3. The average Bonchev–Trinajstić information content (AvgIpc) is 2.33. The first kappa shape index (κ1) is 10.9. The first-order valence-electron chi connectivity index (χ1n) is 4.96. The van der Waals surface area contributed by atoms with Gasteiger partial charge in [-0.25, -0.2) is 0 Å². The van der Waals surface area contributed by atoms with E-state index in [9.17, 15) is 0 Å². The van der Waals surface area contributed by atoms with Crippen LogP contribution in [0.2, 0.25) is 5.02 Å². The second kappa shape index (κ2) is 4.96. The Hall–Kier alpha value is -1.58. The lowest BCUT2D eigenvalue weighted by atomic mass is 10.1. The zero-order chi connectivity index (χ0) is 11.4. The van der Waals surface area contributed by atoms with E-state index in [-0.39, 0.29) is 0 Å². The molecule has 0 unspecified atom stereocenters. The van der Waals surface area contributed by atoms with Gasteiger partial charge in [-0.1, -0.05) is 29.8 Å². The molecule has 0 spiro atoms. The maximum atomic E-state index is 6.01. The van der Waals surface area contributed by atoms with Gasteiger partial charge in [0, 0.05) is 24.6 Å². The summed E-state index contributed by atoms with van der Waals surface area (Å²) in [6, 6.07) is 9.70. The standard InChI is InChI=1S/C12H12ClN3/c13-10-8-15-6-5-12(10)16-11-4-2-1-3-9(11)7-14/h1-6,8H,7,14H2,(H,15,16). The molecule has 3 N–H and O–H groups in total. The minimum atomic E-state index is 0.492. The van der Waals surface area contributed by atoms with E-state index in [0.29, 0.717) is 11.6 Å². The van der Waals surface area contributed by atoms with Gasteiger partial charge in [0.25, 0.3) is 0 Å². The van der Waals surface area contributed by atoms with Crippen LogP contribution < -0.4 is 11.1 Å². The van der Waals surface area contributed by atoms with E-state index in [2.05, 4.69) is 10.3 Å². The number of nitrogens with zero attached hydrogens (tertiary/aromatic N) is 1. The van der Waals surface area contributed by atoms with E-state index in [1.807, 2.05) is 30.3 Å². The number of hydrogen-bond donors (Lipinski definition) is 2. The van der Waals surface area contributed by atoms with Crippen molar-refractivity contribution in [2.75, 3.05) is 5.32 Å². The van der Waals surface area contributed by atoms with Crippen LogP contribution in [0.25, 0.3) is 0 Å². The molecule has 16 heavy (non-hydrogen) atoms. The largest absolute Gasteiger partial charge is 0.354 e. The third kappa shape index (κ3) is 2.32. The van der Waals surface area contributed by atoms with E-state index < -0.39 is 0 Å². The molecular formula is C12H12ClN3. The summed E-state index contributed by atoms with van der Waals surface area (Å²) < 4.78 is 0. The number of nitrogens with two attached hydrogens (primary N) is 1. The van der Waals surface area contributed by atoms with Crippen LogP contribution in [0.5, 0.6) is 0 Å². The van der Waals surface area contributed by atoms with Crippen molar-refractivity contribution in [1.29, 1.82) is 0 Å². The van der Waals surface area contributed by atoms with Crippen molar-refractivity contribution < 1.29 is 0 Å². The van der Waals surface area contributed by atoms with Gasteiger partial charge in [-0.05, 0) is 17.7 Å². The second-order valence-corrected chi connectivity index (χ2v) is 3.75. The van der Waals surface area contributed by atoms with Gasteiger partial charge in [0.05, 0.1) is 10.7 Å². The summed E-state index contributed by atoms with van der Waals surface area (Å²) in [5, 5.41) is 3.83. The molecule has 2 aromatic rings. The molecule has 0 radical (unpaired) electrons. The Morgan fingerprint density at radius 1 is 1.19 bits per heavy atom. The van der Waals surface area contributed by atoms with Gasteiger partial charge in [-0.2, -0.15) is 0 Å². The van der Waals surface area contributed by atoms with Gasteiger partial charge < -0.3 is 11.1 Å². The lowest BCUT2D eigenvalue weighted by Crippen LogP contribution is -2.01. The minimum absolute atomic E-state index is 0.492. The Kier molecular flexibility index (Phi) is 3.39. The summed E-state index contributed by atoms with van der Waals surface area (Å²) >= 11 is 6.01. The van der Waals surface area contributed by atoms with Crippen molar-refractivity contribution in [3.05, 3.63) is 53.3 Å². The molecule has 0 saturated heterocycles. The van der Waals surface area contributed by atoms with E-state index >= 15 is 0 Å². The Balaban J connectivity index is 2.30. The zero-order valence-corrected chi connectivity index (χ0v) is 9.41. The van der Waals surface area contributed by atoms with E-state index in [1.165, 1.54) is 0 Å². The van der Waals surface area contributed by atoms with Gasteiger partial charge in [0.1, 0.15) is 0 Å². The highest BCUT2D eigenvalue weighted by Crippen LogP contribution is 2.25. The highest BCUT2D eigenvalue weighted by Gasteiger charge is 2.03. The third-order valence-corrected chi connectivity index (χ3v) is 2.58. The van der Waals surface area contributed by atoms with Crippen LogP contribution in [-0.2, 0) is 6.54 Å². The first-order valence-corrected chi connectivity index (χ1v) is 5.33. The fourth-order valence-electron chi connectivity index (χ4n) is 1.44. The highest BCUT2D eigenvalue weighted by molar-refractivity contribution is 6.33.